The molecule has 2 atom stereocenters. The molecule has 0 aliphatic carbocycles. The fourth-order valence-electron chi connectivity index (χ4n) is 4.98. The first-order chi connectivity index (χ1) is 22.4. The summed E-state index contributed by atoms with van der Waals surface area (Å²) in [5.41, 5.74) is 2.17. The quantitative estimate of drug-likeness (QED) is 0.272. The van der Waals surface area contributed by atoms with Crippen LogP contribution < -0.4 is 0 Å². The van der Waals surface area contributed by atoms with Crippen LogP contribution in [0.15, 0.2) is 48.5 Å². The maximum absolute atomic E-state index is 12.3. The highest BCUT2D eigenvalue weighted by atomic mass is 16.6. The first kappa shape index (κ1) is 39.6. The number of hydrogen-bond acceptors (Lipinski definition) is 9. The fourth-order valence-corrected chi connectivity index (χ4v) is 4.98. The Morgan fingerprint density at radius 2 is 1.08 bits per heavy atom. The number of carboxylic acid groups (broad SMARTS) is 1. The zero-order valence-corrected chi connectivity index (χ0v) is 29.5. The fraction of sp³-hybridized carbons (Fsp3) is 0.528. The minimum Gasteiger partial charge on any atom is -0.480 e. The van der Waals surface area contributed by atoms with Crippen molar-refractivity contribution in [2.75, 3.05) is 27.3 Å². The highest BCUT2D eigenvalue weighted by Crippen LogP contribution is 2.33. The van der Waals surface area contributed by atoms with Crippen molar-refractivity contribution in [3.05, 3.63) is 70.8 Å². The third-order valence-corrected chi connectivity index (χ3v) is 7.24. The van der Waals surface area contributed by atoms with Crippen molar-refractivity contribution in [3.63, 3.8) is 0 Å². The van der Waals surface area contributed by atoms with Crippen LogP contribution >= 0.6 is 0 Å². The molecular weight excluding hydrogens is 620 g/mol. The molecule has 1 N–H and O–H groups in total. The molecule has 0 radical (unpaired) electrons. The minimum atomic E-state index is -0.960. The summed E-state index contributed by atoms with van der Waals surface area (Å²) >= 11 is 0. The summed E-state index contributed by atoms with van der Waals surface area (Å²) < 4.78 is 19.8. The van der Waals surface area contributed by atoms with Crippen LogP contribution in [0.25, 0.3) is 0 Å². The number of methoxy groups -OCH3 is 2. The van der Waals surface area contributed by atoms with Crippen LogP contribution in [0.5, 0.6) is 0 Å². The van der Waals surface area contributed by atoms with Crippen LogP contribution in [0, 0.1) is 6.92 Å². The highest BCUT2D eigenvalue weighted by Gasteiger charge is 2.36. The van der Waals surface area contributed by atoms with Crippen molar-refractivity contribution >= 4 is 30.1 Å². The molecule has 2 aromatic rings. The standard InChI is InChI=1S/C17H23NO4.C10H17NO4.C9H10O2/c1-17(2,3)22-16(20)18-11-5-6-14(18)12-7-9-13(10-8-12)15(19)21-4;1-10(2,3)15-9(14)11-6-4-5-7(11)8(12)13;1-7-3-5-8(6-4-7)9(10)11-2/h7-10,14H,5-6,11H2,1-4H3;7H,4-6H2,1-3H3,(H,12,13);3-6H,1-2H3/t;7-;/m.0./s1. The molecule has 48 heavy (non-hydrogen) atoms. The number of aliphatic carboxylic acids is 1. The van der Waals surface area contributed by atoms with Gasteiger partial charge in [-0.15, -0.1) is 0 Å². The summed E-state index contributed by atoms with van der Waals surface area (Å²) in [6.07, 6.45) is 2.25. The van der Waals surface area contributed by atoms with Crippen molar-refractivity contribution < 1.29 is 48.0 Å². The van der Waals surface area contributed by atoms with E-state index in [1.807, 2.05) is 52.0 Å². The number of carbonyl (C=O) groups is 5. The van der Waals surface area contributed by atoms with Crippen molar-refractivity contribution in [1.29, 1.82) is 0 Å². The van der Waals surface area contributed by atoms with Crippen LogP contribution in [0.2, 0.25) is 0 Å². The number of amides is 2. The van der Waals surface area contributed by atoms with Crippen molar-refractivity contribution in [3.8, 4) is 0 Å². The molecule has 0 bridgehead atoms. The average molecular weight is 671 g/mol. The van der Waals surface area contributed by atoms with Gasteiger partial charge in [0.25, 0.3) is 0 Å². The van der Waals surface area contributed by atoms with E-state index >= 15 is 0 Å². The molecule has 2 aromatic carbocycles. The van der Waals surface area contributed by atoms with E-state index in [0.29, 0.717) is 30.6 Å². The molecule has 2 heterocycles. The first-order valence-electron chi connectivity index (χ1n) is 15.9. The molecule has 2 saturated heterocycles. The van der Waals surface area contributed by atoms with Gasteiger partial charge in [0.2, 0.25) is 0 Å². The Morgan fingerprint density at radius 1 is 0.667 bits per heavy atom. The van der Waals surface area contributed by atoms with E-state index in [1.165, 1.54) is 19.1 Å². The number of likely N-dealkylation sites (tertiary alicyclic amines) is 2. The van der Waals surface area contributed by atoms with Crippen molar-refractivity contribution in [1.82, 2.24) is 9.80 Å². The van der Waals surface area contributed by atoms with Crippen LogP contribution in [0.1, 0.15) is 105 Å². The molecule has 2 aliphatic rings. The molecular formula is C36H50N2O10. The zero-order chi connectivity index (χ0) is 36.2. The topological polar surface area (TPSA) is 149 Å². The van der Waals surface area contributed by atoms with Gasteiger partial charge in [0.05, 0.1) is 31.4 Å². The molecule has 12 nitrogen and oxygen atoms in total. The molecule has 0 spiro atoms. The number of benzene rings is 2. The largest absolute Gasteiger partial charge is 0.480 e. The normalized spacial score (nSPS) is 17.2. The lowest BCUT2D eigenvalue weighted by Gasteiger charge is -2.28. The van der Waals surface area contributed by atoms with Gasteiger partial charge in [-0.3, -0.25) is 4.90 Å². The molecule has 2 amide bonds. The minimum absolute atomic E-state index is 0.00143. The zero-order valence-electron chi connectivity index (χ0n) is 29.5. The van der Waals surface area contributed by atoms with Gasteiger partial charge in [0.15, 0.2) is 0 Å². The number of ether oxygens (including phenoxy) is 4. The Morgan fingerprint density at radius 3 is 1.52 bits per heavy atom. The van der Waals surface area contributed by atoms with E-state index in [9.17, 15) is 24.0 Å². The predicted octanol–water partition coefficient (Wildman–Crippen LogP) is 6.80. The van der Waals surface area contributed by atoms with Crippen molar-refractivity contribution in [2.24, 2.45) is 0 Å². The second-order valence-electron chi connectivity index (χ2n) is 13.5. The van der Waals surface area contributed by atoms with Crippen molar-refractivity contribution in [2.45, 2.75) is 97.4 Å². The summed E-state index contributed by atoms with van der Waals surface area (Å²) in [7, 11) is 2.74. The van der Waals surface area contributed by atoms with Gasteiger partial charge in [-0.05, 0) is 104 Å². The van der Waals surface area contributed by atoms with E-state index in [-0.39, 0.29) is 24.1 Å². The Bertz CT molecular complexity index is 1390. The second-order valence-corrected chi connectivity index (χ2v) is 13.5. The molecule has 264 valence electrons. The van der Waals surface area contributed by atoms with Gasteiger partial charge in [0.1, 0.15) is 17.2 Å². The number of carbonyl (C=O) groups excluding carboxylic acids is 4. The summed E-state index contributed by atoms with van der Waals surface area (Å²) in [4.78, 5) is 60.2. The van der Waals surface area contributed by atoms with Gasteiger partial charge in [-0.25, -0.2) is 24.0 Å². The maximum Gasteiger partial charge on any atom is 0.411 e. The monoisotopic (exact) mass is 670 g/mol. The summed E-state index contributed by atoms with van der Waals surface area (Å²) in [5.74, 6) is -1.61. The lowest BCUT2D eigenvalue weighted by molar-refractivity contribution is -0.142. The highest BCUT2D eigenvalue weighted by molar-refractivity contribution is 5.89. The SMILES string of the molecule is CC(C)(C)OC(=O)N1CCC[C@H]1C(=O)O.COC(=O)c1ccc(C)cc1.COC(=O)c1ccc(C2CCCN2C(=O)OC(C)(C)C)cc1. The molecule has 0 saturated carbocycles. The predicted molar refractivity (Wildman–Crippen MR) is 179 cm³/mol. The van der Waals surface area contributed by atoms with Gasteiger partial charge in [0, 0.05) is 13.1 Å². The van der Waals surface area contributed by atoms with E-state index < -0.39 is 29.3 Å². The molecule has 12 heteroatoms. The number of carboxylic acids is 1. The molecule has 0 aromatic heterocycles. The summed E-state index contributed by atoms with van der Waals surface area (Å²) in [5, 5.41) is 8.88. The Balaban J connectivity index is 0.000000267. The Labute approximate surface area is 283 Å². The average Bonchev–Trinajstić information content (AvgIpc) is 3.71. The lowest BCUT2D eigenvalue weighted by Crippen LogP contribution is -2.43. The van der Waals surface area contributed by atoms with Gasteiger partial charge < -0.3 is 29.0 Å². The van der Waals surface area contributed by atoms with Crippen LogP contribution in [-0.4, -0.2) is 89.6 Å². The lowest BCUT2D eigenvalue weighted by atomic mass is 10.0. The van der Waals surface area contributed by atoms with E-state index in [2.05, 4.69) is 4.74 Å². The first-order valence-corrected chi connectivity index (χ1v) is 15.9. The number of esters is 2. The third-order valence-electron chi connectivity index (χ3n) is 7.24. The molecule has 2 aliphatic heterocycles. The molecule has 2 fully saturated rings. The number of nitrogens with zero attached hydrogens (tertiary/aromatic N) is 2. The third kappa shape index (κ3) is 12.5. The number of aryl methyl sites for hydroxylation is 1. The molecule has 4 rings (SSSR count). The van der Waals surface area contributed by atoms with E-state index in [1.54, 1.807) is 49.9 Å². The van der Waals surface area contributed by atoms with Crippen LogP contribution in [0.3, 0.4) is 0 Å². The van der Waals surface area contributed by atoms with Gasteiger partial charge in [-0.2, -0.15) is 0 Å². The Hall–Kier alpha value is -4.61. The Kier molecular flexibility index (Phi) is 14.4. The number of hydrogen-bond donors (Lipinski definition) is 1. The van der Waals surface area contributed by atoms with Gasteiger partial charge in [-0.1, -0.05) is 29.8 Å². The van der Waals surface area contributed by atoms with E-state index in [0.717, 1.165) is 30.4 Å². The number of rotatable bonds is 4. The van der Waals surface area contributed by atoms with E-state index in [4.69, 9.17) is 19.3 Å². The van der Waals surface area contributed by atoms with Gasteiger partial charge >= 0.3 is 30.1 Å². The summed E-state index contributed by atoms with van der Waals surface area (Å²) in [6.45, 7) is 14.0. The van der Waals surface area contributed by atoms with Crippen LogP contribution in [0.4, 0.5) is 9.59 Å². The maximum atomic E-state index is 12.3. The second kappa shape index (κ2) is 17.5. The van der Waals surface area contributed by atoms with Crippen LogP contribution in [-0.2, 0) is 23.7 Å². The molecule has 1 unspecified atom stereocenters. The summed E-state index contributed by atoms with van der Waals surface area (Å²) in [6, 6.07) is 13.8. The smallest absolute Gasteiger partial charge is 0.411 e.